The van der Waals surface area contributed by atoms with Crippen molar-refractivity contribution >= 4 is 34.7 Å². The Bertz CT molecular complexity index is 1150. The minimum atomic E-state index is -0.968. The summed E-state index contributed by atoms with van der Waals surface area (Å²) in [6, 6.07) is 14.1. The summed E-state index contributed by atoms with van der Waals surface area (Å²) in [6.45, 7) is 0. The van der Waals surface area contributed by atoms with Gasteiger partial charge in [-0.05, 0) is 42.0 Å². The molecule has 0 saturated carbocycles. The van der Waals surface area contributed by atoms with E-state index in [-0.39, 0.29) is 17.0 Å². The minimum absolute atomic E-state index is 0.116. The Morgan fingerprint density at radius 3 is 2.55 bits per heavy atom. The molecule has 2 aromatic carbocycles. The summed E-state index contributed by atoms with van der Waals surface area (Å²) in [5, 5.41) is 11.3. The lowest BCUT2D eigenvalue weighted by atomic mass is 9.96. The molecule has 7 heteroatoms. The average molecular weight is 409 g/mol. The lowest BCUT2D eigenvalue weighted by molar-refractivity contribution is -0.132. The molecule has 1 aliphatic rings. The van der Waals surface area contributed by atoms with Gasteiger partial charge in [-0.15, -0.1) is 0 Å². The molecule has 1 saturated heterocycles. The topological polar surface area (TPSA) is 70.5 Å². The van der Waals surface area contributed by atoms with Crippen molar-refractivity contribution in [2.75, 3.05) is 4.90 Å². The Hall–Kier alpha value is -3.51. The molecule has 2 heterocycles. The second-order valence-electron chi connectivity index (χ2n) is 6.45. The van der Waals surface area contributed by atoms with Gasteiger partial charge in [-0.25, -0.2) is 4.39 Å². The Balaban J connectivity index is 1.96. The molecular formula is C22H14ClFN2O3. The number of hydrogen-bond donors (Lipinski definition) is 1. The van der Waals surface area contributed by atoms with Crippen molar-refractivity contribution in [2.45, 2.75) is 6.04 Å². The van der Waals surface area contributed by atoms with E-state index in [1.54, 1.807) is 36.5 Å². The number of anilines is 1. The zero-order valence-corrected chi connectivity index (χ0v) is 15.7. The van der Waals surface area contributed by atoms with Gasteiger partial charge >= 0.3 is 0 Å². The zero-order valence-electron chi connectivity index (χ0n) is 14.9. The van der Waals surface area contributed by atoms with E-state index in [4.69, 9.17) is 11.6 Å². The number of rotatable bonds is 3. The Labute approximate surface area is 170 Å². The number of ketones is 1. The number of Topliss-reactive ketones (excluding diaryl/α,β-unsaturated/α-hetero) is 1. The van der Waals surface area contributed by atoms with Crippen LogP contribution in [0.15, 0.2) is 78.6 Å². The van der Waals surface area contributed by atoms with Crippen molar-refractivity contribution in [1.82, 2.24) is 4.98 Å². The lowest BCUT2D eigenvalue weighted by Gasteiger charge is -2.25. The first-order valence-corrected chi connectivity index (χ1v) is 9.07. The predicted octanol–water partition coefficient (Wildman–Crippen LogP) is 4.50. The molecule has 29 heavy (non-hydrogen) atoms. The third-order valence-corrected chi connectivity index (χ3v) is 4.86. The molecule has 3 aromatic rings. The van der Waals surface area contributed by atoms with Gasteiger partial charge < -0.3 is 5.11 Å². The first-order valence-electron chi connectivity index (χ1n) is 8.70. The number of hydrogen-bond acceptors (Lipinski definition) is 4. The smallest absolute Gasteiger partial charge is 0.300 e. The van der Waals surface area contributed by atoms with Gasteiger partial charge in [0.2, 0.25) is 0 Å². The SMILES string of the molecule is O=C1C(=O)N(c2cccc(F)c2)C(c2cccnc2)/C1=C(\O)c1cccc(Cl)c1. The van der Waals surface area contributed by atoms with Crippen LogP contribution >= 0.6 is 11.6 Å². The standard InChI is InChI=1S/C22H14ClFN2O3/c23-15-6-1-4-13(10-15)20(27)18-19(14-5-3-9-25-12-14)26(22(29)21(18)28)17-8-2-7-16(24)11-17/h1-12,19,27H/b20-18+. The van der Waals surface area contributed by atoms with Gasteiger partial charge in [0, 0.05) is 28.7 Å². The van der Waals surface area contributed by atoms with E-state index >= 15 is 0 Å². The van der Waals surface area contributed by atoms with Gasteiger partial charge in [0.25, 0.3) is 11.7 Å². The minimum Gasteiger partial charge on any atom is -0.507 e. The first-order chi connectivity index (χ1) is 14.0. The molecule has 1 atom stereocenters. The van der Waals surface area contributed by atoms with Crippen LogP contribution in [0, 0.1) is 5.82 Å². The van der Waals surface area contributed by atoms with Crippen LogP contribution in [0.1, 0.15) is 17.2 Å². The summed E-state index contributed by atoms with van der Waals surface area (Å²) in [4.78, 5) is 31.0. The first kappa shape index (κ1) is 18.8. The summed E-state index contributed by atoms with van der Waals surface area (Å²) in [5.41, 5.74) is 0.879. The van der Waals surface area contributed by atoms with E-state index < -0.39 is 23.5 Å². The molecule has 1 aromatic heterocycles. The van der Waals surface area contributed by atoms with Crippen molar-refractivity contribution in [3.63, 3.8) is 0 Å². The highest BCUT2D eigenvalue weighted by Gasteiger charge is 2.47. The van der Waals surface area contributed by atoms with Gasteiger partial charge in [-0.1, -0.05) is 35.9 Å². The van der Waals surface area contributed by atoms with Crippen LogP contribution in [0.5, 0.6) is 0 Å². The van der Waals surface area contributed by atoms with Crippen LogP contribution in [0.2, 0.25) is 5.02 Å². The zero-order chi connectivity index (χ0) is 20.5. The van der Waals surface area contributed by atoms with Crippen LogP contribution in [0.4, 0.5) is 10.1 Å². The van der Waals surface area contributed by atoms with Gasteiger partial charge in [0.05, 0.1) is 11.6 Å². The number of halogens is 2. The number of nitrogens with zero attached hydrogens (tertiary/aromatic N) is 2. The normalized spacial score (nSPS) is 18.3. The molecule has 4 rings (SSSR count). The van der Waals surface area contributed by atoms with Crippen molar-refractivity contribution in [3.8, 4) is 0 Å². The maximum Gasteiger partial charge on any atom is 0.300 e. The Morgan fingerprint density at radius 1 is 1.07 bits per heavy atom. The summed E-state index contributed by atoms with van der Waals surface area (Å²) in [6.07, 6.45) is 3.04. The van der Waals surface area contributed by atoms with E-state index in [9.17, 15) is 19.1 Å². The molecule has 0 spiro atoms. The van der Waals surface area contributed by atoms with Crippen molar-refractivity contribution < 1.29 is 19.1 Å². The number of benzene rings is 2. The van der Waals surface area contributed by atoms with E-state index in [1.807, 2.05) is 0 Å². The van der Waals surface area contributed by atoms with Crippen molar-refractivity contribution in [3.05, 3.63) is 101 Å². The fraction of sp³-hybridized carbons (Fsp3) is 0.0455. The van der Waals surface area contributed by atoms with Crippen LogP contribution < -0.4 is 4.90 Å². The highest BCUT2D eigenvalue weighted by molar-refractivity contribution is 6.51. The number of aliphatic hydroxyl groups is 1. The maximum absolute atomic E-state index is 13.8. The average Bonchev–Trinajstić information content (AvgIpc) is 2.99. The van der Waals surface area contributed by atoms with Gasteiger partial charge in [0.1, 0.15) is 11.6 Å². The highest BCUT2D eigenvalue weighted by Crippen LogP contribution is 2.42. The maximum atomic E-state index is 13.8. The lowest BCUT2D eigenvalue weighted by Crippen LogP contribution is -2.29. The Kier molecular flexibility index (Phi) is 4.86. The fourth-order valence-electron chi connectivity index (χ4n) is 3.37. The molecule has 1 unspecified atom stereocenters. The van der Waals surface area contributed by atoms with E-state index in [1.165, 1.54) is 35.4 Å². The number of aliphatic hydroxyl groups excluding tert-OH is 1. The monoisotopic (exact) mass is 408 g/mol. The van der Waals surface area contributed by atoms with E-state index in [0.29, 0.717) is 16.1 Å². The van der Waals surface area contributed by atoms with Gasteiger partial charge in [0.15, 0.2) is 0 Å². The molecule has 0 aliphatic carbocycles. The van der Waals surface area contributed by atoms with Gasteiger partial charge in [-0.2, -0.15) is 0 Å². The summed E-state index contributed by atoms with van der Waals surface area (Å²) < 4.78 is 13.8. The number of carbonyl (C=O) groups is 2. The van der Waals surface area contributed by atoms with Gasteiger partial charge in [-0.3, -0.25) is 19.5 Å². The summed E-state index contributed by atoms with van der Waals surface area (Å²) in [7, 11) is 0. The summed E-state index contributed by atoms with van der Waals surface area (Å²) >= 11 is 6.01. The molecule has 0 bridgehead atoms. The largest absolute Gasteiger partial charge is 0.507 e. The number of pyridine rings is 1. The Morgan fingerprint density at radius 2 is 1.86 bits per heavy atom. The van der Waals surface area contributed by atoms with Crippen molar-refractivity contribution in [2.24, 2.45) is 0 Å². The molecule has 1 N–H and O–H groups in total. The second-order valence-corrected chi connectivity index (χ2v) is 6.88. The number of aromatic nitrogens is 1. The van der Waals surface area contributed by atoms with Crippen LogP contribution in [-0.4, -0.2) is 21.8 Å². The number of carbonyl (C=O) groups excluding carboxylic acids is 2. The molecule has 5 nitrogen and oxygen atoms in total. The third kappa shape index (κ3) is 3.39. The molecule has 1 fully saturated rings. The predicted molar refractivity (Wildman–Crippen MR) is 107 cm³/mol. The van der Waals surface area contributed by atoms with Crippen LogP contribution in [0.25, 0.3) is 5.76 Å². The molecule has 1 amide bonds. The van der Waals surface area contributed by atoms with E-state index in [0.717, 1.165) is 6.07 Å². The second kappa shape index (κ2) is 7.48. The van der Waals surface area contributed by atoms with Crippen LogP contribution in [0.3, 0.4) is 0 Å². The third-order valence-electron chi connectivity index (χ3n) is 4.63. The number of amides is 1. The quantitative estimate of drug-likeness (QED) is 0.393. The van der Waals surface area contributed by atoms with Crippen LogP contribution in [-0.2, 0) is 9.59 Å². The molecule has 144 valence electrons. The fourth-order valence-corrected chi connectivity index (χ4v) is 3.56. The summed E-state index contributed by atoms with van der Waals surface area (Å²) in [5.74, 6) is -2.66. The molecule has 0 radical (unpaired) electrons. The van der Waals surface area contributed by atoms with Crippen molar-refractivity contribution in [1.29, 1.82) is 0 Å². The highest BCUT2D eigenvalue weighted by atomic mass is 35.5. The molecule has 1 aliphatic heterocycles. The molecular weight excluding hydrogens is 395 g/mol. The van der Waals surface area contributed by atoms with E-state index in [2.05, 4.69) is 4.98 Å².